The van der Waals surface area contributed by atoms with Gasteiger partial charge in [0, 0.05) is 34.7 Å². The summed E-state index contributed by atoms with van der Waals surface area (Å²) in [6, 6.07) is 6.86. The Morgan fingerprint density at radius 1 is 1.38 bits per heavy atom. The highest BCUT2D eigenvalue weighted by Crippen LogP contribution is 2.39. The van der Waals surface area contributed by atoms with E-state index in [2.05, 4.69) is 30.4 Å². The van der Waals surface area contributed by atoms with Crippen LogP contribution >= 0.6 is 0 Å². The number of benzene rings is 1. The number of amidine groups is 1. The number of aromatic nitrogens is 2. The average molecular weight is 352 g/mol. The van der Waals surface area contributed by atoms with Gasteiger partial charge in [-0.15, -0.1) is 0 Å². The number of hydrogen-bond acceptors (Lipinski definition) is 2. The lowest BCUT2D eigenvalue weighted by Gasteiger charge is -2.31. The third-order valence-corrected chi connectivity index (χ3v) is 4.87. The second kappa shape index (κ2) is 7.36. The van der Waals surface area contributed by atoms with E-state index in [1.165, 1.54) is 17.8 Å². The normalized spacial score (nSPS) is 16.7. The van der Waals surface area contributed by atoms with Crippen molar-refractivity contribution in [1.29, 1.82) is 0 Å². The minimum Gasteiger partial charge on any atom is -0.263 e. The van der Waals surface area contributed by atoms with Crippen LogP contribution in [0.4, 0.5) is 4.39 Å². The fourth-order valence-electron chi connectivity index (χ4n) is 3.77. The maximum atomic E-state index is 14.2. The molecule has 0 aliphatic heterocycles. The fourth-order valence-corrected chi connectivity index (χ4v) is 3.77. The average Bonchev–Trinajstić information content (AvgIpc) is 2.96. The SMILES string of the molecule is C=CN=C(N=CC)c1nn(Cc2ccccc2F)c2c1CCCC2(C)C. The van der Waals surface area contributed by atoms with Gasteiger partial charge in [-0.3, -0.25) is 4.68 Å². The van der Waals surface area contributed by atoms with Gasteiger partial charge in [0.15, 0.2) is 5.84 Å². The van der Waals surface area contributed by atoms with Crippen molar-refractivity contribution >= 4 is 12.1 Å². The highest BCUT2D eigenvalue weighted by molar-refractivity contribution is 6.03. The van der Waals surface area contributed by atoms with Crippen LogP contribution in [0.1, 0.15) is 56.1 Å². The van der Waals surface area contributed by atoms with Gasteiger partial charge in [0.05, 0.1) is 6.54 Å². The Morgan fingerprint density at radius 2 is 2.15 bits per heavy atom. The summed E-state index contributed by atoms with van der Waals surface area (Å²) < 4.78 is 16.1. The van der Waals surface area contributed by atoms with Crippen molar-refractivity contribution in [2.24, 2.45) is 9.98 Å². The van der Waals surface area contributed by atoms with Crippen LogP contribution in [0.2, 0.25) is 0 Å². The summed E-state index contributed by atoms with van der Waals surface area (Å²) >= 11 is 0. The van der Waals surface area contributed by atoms with Gasteiger partial charge in [-0.2, -0.15) is 5.10 Å². The topological polar surface area (TPSA) is 42.5 Å². The summed E-state index contributed by atoms with van der Waals surface area (Å²) in [5.74, 6) is 0.349. The monoisotopic (exact) mass is 352 g/mol. The molecule has 3 rings (SSSR count). The number of hydrogen-bond donors (Lipinski definition) is 0. The summed E-state index contributed by atoms with van der Waals surface area (Å²) in [5, 5.41) is 4.82. The summed E-state index contributed by atoms with van der Waals surface area (Å²) in [5.41, 5.74) is 3.71. The maximum absolute atomic E-state index is 14.2. The molecule has 0 saturated heterocycles. The van der Waals surface area contributed by atoms with Gasteiger partial charge < -0.3 is 0 Å². The van der Waals surface area contributed by atoms with Crippen LogP contribution < -0.4 is 0 Å². The molecule has 1 aliphatic rings. The minimum atomic E-state index is -0.210. The third-order valence-electron chi connectivity index (χ3n) is 4.87. The summed E-state index contributed by atoms with van der Waals surface area (Å²) in [6.07, 6.45) is 6.29. The molecule has 1 aliphatic carbocycles. The molecule has 136 valence electrons. The zero-order valence-electron chi connectivity index (χ0n) is 15.7. The number of fused-ring (bicyclic) bond motifs is 1. The van der Waals surface area contributed by atoms with Gasteiger partial charge >= 0.3 is 0 Å². The second-order valence-electron chi connectivity index (χ2n) is 7.18. The first-order chi connectivity index (χ1) is 12.5. The van der Waals surface area contributed by atoms with Gasteiger partial charge in [0.25, 0.3) is 0 Å². The van der Waals surface area contributed by atoms with Gasteiger partial charge in [-0.05, 0) is 32.3 Å². The van der Waals surface area contributed by atoms with Crippen LogP contribution in [0.25, 0.3) is 0 Å². The van der Waals surface area contributed by atoms with Crippen molar-refractivity contribution in [3.8, 4) is 0 Å². The van der Waals surface area contributed by atoms with E-state index < -0.39 is 0 Å². The van der Waals surface area contributed by atoms with E-state index in [4.69, 9.17) is 5.10 Å². The molecule has 0 N–H and O–H groups in total. The van der Waals surface area contributed by atoms with Crippen molar-refractivity contribution in [2.75, 3.05) is 0 Å². The number of halogens is 1. The molecule has 0 amide bonds. The van der Waals surface area contributed by atoms with Gasteiger partial charge in [0.2, 0.25) is 0 Å². The van der Waals surface area contributed by atoms with Crippen molar-refractivity contribution in [1.82, 2.24) is 9.78 Å². The molecule has 0 radical (unpaired) electrons. The van der Waals surface area contributed by atoms with E-state index in [0.29, 0.717) is 17.9 Å². The first-order valence-electron chi connectivity index (χ1n) is 8.99. The van der Waals surface area contributed by atoms with Crippen LogP contribution in [0.3, 0.4) is 0 Å². The first kappa shape index (κ1) is 18.2. The molecule has 26 heavy (non-hydrogen) atoms. The van der Waals surface area contributed by atoms with Crippen LogP contribution in [0, 0.1) is 5.82 Å². The van der Waals surface area contributed by atoms with Crippen LogP contribution in [0.15, 0.2) is 47.0 Å². The van der Waals surface area contributed by atoms with Gasteiger partial charge in [0.1, 0.15) is 11.5 Å². The summed E-state index contributed by atoms with van der Waals surface area (Å²) in [7, 11) is 0. The Kier molecular flexibility index (Phi) is 5.16. The largest absolute Gasteiger partial charge is 0.263 e. The number of aliphatic imine (C=N–C) groups is 2. The fraction of sp³-hybridized carbons (Fsp3) is 0.381. The summed E-state index contributed by atoms with van der Waals surface area (Å²) in [4.78, 5) is 8.69. The second-order valence-corrected chi connectivity index (χ2v) is 7.18. The maximum Gasteiger partial charge on any atom is 0.179 e. The smallest absolute Gasteiger partial charge is 0.179 e. The molecular formula is C21H25FN4. The summed E-state index contributed by atoms with van der Waals surface area (Å²) in [6.45, 7) is 10.4. The van der Waals surface area contributed by atoms with E-state index >= 15 is 0 Å². The molecule has 0 spiro atoms. The van der Waals surface area contributed by atoms with Crippen LogP contribution in [0.5, 0.6) is 0 Å². The first-order valence-corrected chi connectivity index (χ1v) is 8.99. The highest BCUT2D eigenvalue weighted by Gasteiger charge is 2.35. The Hall–Kier alpha value is -2.56. The molecule has 0 unspecified atom stereocenters. The van der Waals surface area contributed by atoms with Crippen molar-refractivity contribution in [2.45, 2.75) is 52.0 Å². The number of rotatable bonds is 4. The molecule has 0 saturated carbocycles. The van der Waals surface area contributed by atoms with E-state index in [1.807, 2.05) is 23.7 Å². The van der Waals surface area contributed by atoms with Crippen LogP contribution in [-0.4, -0.2) is 21.8 Å². The Labute approximate surface area is 154 Å². The lowest BCUT2D eigenvalue weighted by molar-refractivity contribution is 0.394. The van der Waals surface area contributed by atoms with Crippen molar-refractivity contribution in [3.05, 3.63) is 65.4 Å². The van der Waals surface area contributed by atoms with Crippen LogP contribution in [-0.2, 0) is 18.4 Å². The Morgan fingerprint density at radius 3 is 2.85 bits per heavy atom. The van der Waals surface area contributed by atoms with E-state index in [9.17, 15) is 4.39 Å². The molecule has 0 fully saturated rings. The number of nitrogens with zero attached hydrogens (tertiary/aromatic N) is 4. The molecule has 4 nitrogen and oxygen atoms in total. The zero-order valence-corrected chi connectivity index (χ0v) is 15.7. The molecule has 1 aromatic heterocycles. The lowest BCUT2D eigenvalue weighted by atomic mass is 9.76. The van der Waals surface area contributed by atoms with Gasteiger partial charge in [-0.25, -0.2) is 14.4 Å². The molecule has 1 heterocycles. The van der Waals surface area contributed by atoms with E-state index in [0.717, 1.165) is 30.7 Å². The van der Waals surface area contributed by atoms with Crippen molar-refractivity contribution < 1.29 is 4.39 Å². The molecule has 0 atom stereocenters. The quantitative estimate of drug-likeness (QED) is 0.583. The highest BCUT2D eigenvalue weighted by atomic mass is 19.1. The third kappa shape index (κ3) is 3.39. The van der Waals surface area contributed by atoms with E-state index in [-0.39, 0.29) is 11.2 Å². The predicted octanol–water partition coefficient (Wildman–Crippen LogP) is 4.67. The van der Waals surface area contributed by atoms with Gasteiger partial charge in [-0.1, -0.05) is 38.6 Å². The predicted molar refractivity (Wildman–Crippen MR) is 105 cm³/mol. The molecule has 0 bridgehead atoms. The zero-order chi connectivity index (χ0) is 18.7. The van der Waals surface area contributed by atoms with Crippen molar-refractivity contribution in [3.63, 3.8) is 0 Å². The minimum absolute atomic E-state index is 0.0285. The Balaban J connectivity index is 2.17. The standard InChI is InChI=1S/C21H25FN4/c1-5-23-20(24-6-2)18-16-11-9-13-21(3,4)19(16)26(25-18)14-15-10-7-8-12-17(15)22/h5-8,10,12H,1,9,11,13-14H2,2-4H3. The Bertz CT molecular complexity index is 874. The van der Waals surface area contributed by atoms with E-state index in [1.54, 1.807) is 12.3 Å². The molecule has 5 heteroatoms. The molecule has 1 aromatic carbocycles. The lowest BCUT2D eigenvalue weighted by Crippen LogP contribution is -2.27. The molecular weight excluding hydrogens is 327 g/mol. The molecule has 2 aromatic rings.